The van der Waals surface area contributed by atoms with Crippen molar-refractivity contribution in [1.29, 1.82) is 0 Å². The highest BCUT2D eigenvalue weighted by Crippen LogP contribution is 2.28. The summed E-state index contributed by atoms with van der Waals surface area (Å²) in [6.45, 7) is 6.09. The van der Waals surface area contributed by atoms with Gasteiger partial charge in [0.15, 0.2) is 0 Å². The number of methoxy groups -OCH3 is 1. The molecule has 0 unspecified atom stereocenters. The van der Waals surface area contributed by atoms with Gasteiger partial charge in [0.1, 0.15) is 11.5 Å². The van der Waals surface area contributed by atoms with Crippen molar-refractivity contribution in [3.05, 3.63) is 64.2 Å². The molecular formula is C25H29NO5. The molecule has 0 atom stereocenters. The van der Waals surface area contributed by atoms with E-state index in [-0.39, 0.29) is 24.5 Å². The number of phenolic OH excluding ortho intramolecular Hbond substituents is 1. The van der Waals surface area contributed by atoms with Gasteiger partial charge < -0.3 is 20.3 Å². The second kappa shape index (κ2) is 11.0. The van der Waals surface area contributed by atoms with Crippen molar-refractivity contribution >= 4 is 29.7 Å². The number of aliphatic carboxylic acids is 1. The van der Waals surface area contributed by atoms with Crippen LogP contribution in [-0.4, -0.2) is 29.2 Å². The number of aryl methyl sites for hydroxylation is 1. The van der Waals surface area contributed by atoms with Crippen molar-refractivity contribution in [3.63, 3.8) is 0 Å². The fourth-order valence-electron chi connectivity index (χ4n) is 3.09. The molecule has 31 heavy (non-hydrogen) atoms. The minimum atomic E-state index is -1.02. The average molecular weight is 424 g/mol. The number of carboxylic acid groups (broad SMARTS) is 1. The molecular weight excluding hydrogens is 394 g/mol. The van der Waals surface area contributed by atoms with Crippen LogP contribution < -0.4 is 10.1 Å². The molecule has 0 spiro atoms. The van der Waals surface area contributed by atoms with E-state index in [9.17, 15) is 14.7 Å². The molecule has 0 aromatic heterocycles. The summed E-state index contributed by atoms with van der Waals surface area (Å²) in [5.41, 5.74) is 5.66. The first-order valence-electron chi connectivity index (χ1n) is 10.0. The Morgan fingerprint density at radius 1 is 1.10 bits per heavy atom. The number of rotatable bonds is 9. The van der Waals surface area contributed by atoms with E-state index >= 15 is 0 Å². The summed E-state index contributed by atoms with van der Waals surface area (Å²) in [5.74, 6) is -0.713. The van der Waals surface area contributed by atoms with Crippen LogP contribution in [-0.2, 0) is 16.0 Å². The van der Waals surface area contributed by atoms with Crippen molar-refractivity contribution in [2.45, 2.75) is 40.0 Å². The van der Waals surface area contributed by atoms with Gasteiger partial charge in [-0.15, -0.1) is 0 Å². The predicted octanol–water partition coefficient (Wildman–Crippen LogP) is 5.19. The van der Waals surface area contributed by atoms with Gasteiger partial charge in [-0.3, -0.25) is 9.59 Å². The number of hydrogen-bond donors (Lipinski definition) is 3. The van der Waals surface area contributed by atoms with Crippen LogP contribution in [0.3, 0.4) is 0 Å². The highest BCUT2D eigenvalue weighted by Gasteiger charge is 2.10. The molecule has 0 bridgehead atoms. The third-order valence-corrected chi connectivity index (χ3v) is 4.73. The first-order chi connectivity index (χ1) is 14.7. The molecule has 0 fully saturated rings. The van der Waals surface area contributed by atoms with Crippen LogP contribution in [0.5, 0.6) is 11.5 Å². The number of nitrogens with one attached hydrogen (secondary N) is 1. The van der Waals surface area contributed by atoms with Gasteiger partial charge >= 0.3 is 5.97 Å². The molecule has 6 nitrogen and oxygen atoms in total. The minimum absolute atomic E-state index is 0.106. The summed E-state index contributed by atoms with van der Waals surface area (Å²) in [4.78, 5) is 22.5. The molecule has 0 aliphatic heterocycles. The van der Waals surface area contributed by atoms with E-state index in [0.29, 0.717) is 11.4 Å². The monoisotopic (exact) mass is 423 g/mol. The Hall–Kier alpha value is -3.54. The normalized spacial score (nSPS) is 10.7. The number of ether oxygens (including phenoxy) is 1. The molecule has 2 aromatic carbocycles. The molecule has 0 saturated heterocycles. The Morgan fingerprint density at radius 2 is 1.84 bits per heavy atom. The Bertz CT molecular complexity index is 1020. The lowest BCUT2D eigenvalue weighted by Crippen LogP contribution is -2.13. The van der Waals surface area contributed by atoms with Crippen LogP contribution in [0.25, 0.3) is 12.2 Å². The molecule has 3 N–H and O–H groups in total. The molecule has 0 aliphatic carbocycles. The van der Waals surface area contributed by atoms with E-state index in [0.717, 1.165) is 28.7 Å². The van der Waals surface area contributed by atoms with E-state index in [2.05, 4.69) is 25.2 Å². The standard InChI is InChI=1S/C25H29NO5/c1-16(2)5-9-21-17(3)13-20(27)15-19(21)8-6-18-7-10-22(23(14-18)31-4)26-24(28)11-12-25(29)30/h5-8,10,13-15,27H,9,11-12H2,1-4H3,(H,26,28)(H,29,30)/b8-6+. The summed E-state index contributed by atoms with van der Waals surface area (Å²) >= 11 is 0. The number of amides is 1. The first kappa shape index (κ1) is 23.7. The van der Waals surface area contributed by atoms with Crippen LogP contribution in [0.2, 0.25) is 0 Å². The number of carboxylic acids is 1. The van der Waals surface area contributed by atoms with E-state index in [1.54, 1.807) is 24.3 Å². The van der Waals surface area contributed by atoms with Crippen LogP contribution in [0.1, 0.15) is 48.9 Å². The van der Waals surface area contributed by atoms with Gasteiger partial charge in [-0.05, 0) is 73.7 Å². The number of phenols is 1. The number of aromatic hydroxyl groups is 1. The minimum Gasteiger partial charge on any atom is -0.508 e. The molecule has 0 aliphatic rings. The number of hydrogen-bond acceptors (Lipinski definition) is 4. The van der Waals surface area contributed by atoms with Crippen molar-refractivity contribution in [1.82, 2.24) is 0 Å². The molecule has 2 rings (SSSR count). The highest BCUT2D eigenvalue weighted by molar-refractivity contribution is 5.94. The van der Waals surface area contributed by atoms with E-state index in [1.165, 1.54) is 12.7 Å². The summed E-state index contributed by atoms with van der Waals surface area (Å²) in [7, 11) is 1.51. The average Bonchev–Trinajstić information content (AvgIpc) is 2.70. The van der Waals surface area contributed by atoms with Gasteiger partial charge in [-0.2, -0.15) is 0 Å². The molecule has 164 valence electrons. The van der Waals surface area contributed by atoms with Gasteiger partial charge in [0.25, 0.3) is 0 Å². The zero-order valence-corrected chi connectivity index (χ0v) is 18.4. The van der Waals surface area contributed by atoms with Crippen molar-refractivity contribution in [3.8, 4) is 11.5 Å². The molecule has 1 amide bonds. The summed E-state index contributed by atoms with van der Waals surface area (Å²) in [6, 6.07) is 8.84. The topological polar surface area (TPSA) is 95.9 Å². The molecule has 6 heteroatoms. The van der Waals surface area contributed by atoms with Crippen molar-refractivity contribution < 1.29 is 24.5 Å². The lowest BCUT2D eigenvalue weighted by molar-refractivity contribution is -0.138. The maximum atomic E-state index is 11.9. The lowest BCUT2D eigenvalue weighted by Gasteiger charge is -2.11. The quantitative estimate of drug-likeness (QED) is 0.381. The maximum absolute atomic E-state index is 11.9. The first-order valence-corrected chi connectivity index (χ1v) is 10.0. The fourth-order valence-corrected chi connectivity index (χ4v) is 3.09. The van der Waals surface area contributed by atoms with Gasteiger partial charge in [0.05, 0.1) is 19.2 Å². The molecule has 0 saturated carbocycles. The number of benzene rings is 2. The predicted molar refractivity (Wildman–Crippen MR) is 123 cm³/mol. The summed E-state index contributed by atoms with van der Waals surface area (Å²) < 4.78 is 5.38. The smallest absolute Gasteiger partial charge is 0.303 e. The van der Waals surface area contributed by atoms with E-state index in [1.807, 2.05) is 25.1 Å². The highest BCUT2D eigenvalue weighted by atomic mass is 16.5. The Morgan fingerprint density at radius 3 is 2.48 bits per heavy atom. The van der Waals surface area contributed by atoms with Crippen LogP contribution >= 0.6 is 0 Å². The number of carbonyl (C=O) groups excluding carboxylic acids is 1. The fraction of sp³-hybridized carbons (Fsp3) is 0.280. The Balaban J connectivity index is 2.26. The van der Waals surface area contributed by atoms with E-state index in [4.69, 9.17) is 9.84 Å². The number of anilines is 1. The molecule has 2 aromatic rings. The van der Waals surface area contributed by atoms with Gasteiger partial charge in [-0.1, -0.05) is 29.9 Å². The lowest BCUT2D eigenvalue weighted by atomic mass is 9.96. The largest absolute Gasteiger partial charge is 0.508 e. The van der Waals surface area contributed by atoms with E-state index < -0.39 is 5.97 Å². The van der Waals surface area contributed by atoms with Gasteiger partial charge in [-0.25, -0.2) is 0 Å². The Labute approximate surface area is 182 Å². The summed E-state index contributed by atoms with van der Waals surface area (Å²) in [5, 5.41) is 21.4. The third kappa shape index (κ3) is 7.33. The SMILES string of the molecule is COc1cc(/C=C/c2cc(O)cc(C)c2CC=C(C)C)ccc1NC(=O)CCC(=O)O. The number of carbonyl (C=O) groups is 2. The second-order valence-electron chi connectivity index (χ2n) is 7.55. The zero-order chi connectivity index (χ0) is 23.0. The van der Waals surface area contributed by atoms with Crippen molar-refractivity contribution in [2.24, 2.45) is 0 Å². The third-order valence-electron chi connectivity index (χ3n) is 4.73. The van der Waals surface area contributed by atoms with Crippen LogP contribution in [0.15, 0.2) is 42.0 Å². The van der Waals surface area contributed by atoms with Crippen LogP contribution in [0.4, 0.5) is 5.69 Å². The zero-order valence-electron chi connectivity index (χ0n) is 18.4. The summed E-state index contributed by atoms with van der Waals surface area (Å²) in [6.07, 6.45) is 6.46. The molecule has 0 heterocycles. The van der Waals surface area contributed by atoms with Crippen molar-refractivity contribution in [2.75, 3.05) is 12.4 Å². The number of allylic oxidation sites excluding steroid dienone is 2. The maximum Gasteiger partial charge on any atom is 0.303 e. The molecule has 0 radical (unpaired) electrons. The van der Waals surface area contributed by atoms with Crippen LogP contribution in [0, 0.1) is 6.92 Å². The van der Waals surface area contributed by atoms with Gasteiger partial charge in [0, 0.05) is 6.42 Å². The van der Waals surface area contributed by atoms with Gasteiger partial charge in [0.2, 0.25) is 5.91 Å². The second-order valence-corrected chi connectivity index (χ2v) is 7.55. The Kier molecular flexibility index (Phi) is 8.43.